The van der Waals surface area contributed by atoms with E-state index < -0.39 is 10.0 Å². The molecule has 1 heterocycles. The molecule has 2 amide bonds. The number of sulfonamides is 1. The van der Waals surface area contributed by atoms with E-state index in [4.69, 9.17) is 4.74 Å². The summed E-state index contributed by atoms with van der Waals surface area (Å²) in [5.41, 5.74) is 0. The van der Waals surface area contributed by atoms with Crippen LogP contribution >= 0.6 is 0 Å². The highest BCUT2D eigenvalue weighted by Crippen LogP contribution is 2.22. The monoisotopic (exact) mass is 395 g/mol. The molecule has 8 heteroatoms. The molecule has 3 rings (SSSR count). The molecule has 1 saturated heterocycles. The van der Waals surface area contributed by atoms with E-state index in [1.165, 1.54) is 23.6 Å². The minimum atomic E-state index is -3.39. The maximum atomic E-state index is 12.5. The first-order valence-corrected chi connectivity index (χ1v) is 11.3. The number of hydrogen-bond donors (Lipinski definition) is 2. The number of nitrogens with zero attached hydrogens (tertiary/aromatic N) is 1. The zero-order valence-electron chi connectivity index (χ0n) is 15.7. The number of carbonyl (C=O) groups excluding carboxylic acids is 1. The lowest BCUT2D eigenvalue weighted by atomic mass is 9.96. The van der Waals surface area contributed by atoms with Gasteiger partial charge in [-0.2, -0.15) is 4.31 Å². The van der Waals surface area contributed by atoms with E-state index >= 15 is 0 Å². The summed E-state index contributed by atoms with van der Waals surface area (Å²) in [5, 5.41) is 5.79. The predicted molar refractivity (Wildman–Crippen MR) is 103 cm³/mol. The molecule has 1 saturated carbocycles. The average molecular weight is 396 g/mol. The number of rotatable bonds is 7. The number of hydrogen-bond acceptors (Lipinski definition) is 4. The van der Waals surface area contributed by atoms with Crippen LogP contribution in [-0.4, -0.2) is 51.0 Å². The standard InChI is InChI=1S/C19H29N3O4S/c23-19(21-16-6-2-1-3-7-16)20-12-15-26-17-8-10-18(11-9-17)27(24,25)22-13-4-5-14-22/h8-11,16H,1-7,12-15H2,(H2,20,21,23). The molecule has 1 aliphatic heterocycles. The SMILES string of the molecule is O=C(NCCOc1ccc(S(=O)(=O)N2CCCC2)cc1)NC1CCCCC1. The van der Waals surface area contributed by atoms with Crippen molar-refractivity contribution in [3.05, 3.63) is 24.3 Å². The molecule has 1 aliphatic carbocycles. The molecule has 2 aliphatic rings. The lowest BCUT2D eigenvalue weighted by Crippen LogP contribution is -2.44. The Labute approximate surface area is 161 Å². The second-order valence-corrected chi connectivity index (χ2v) is 9.10. The van der Waals surface area contributed by atoms with Gasteiger partial charge in [-0.1, -0.05) is 19.3 Å². The first kappa shape index (κ1) is 19.9. The second-order valence-electron chi connectivity index (χ2n) is 7.17. The Hall–Kier alpha value is -1.80. The topological polar surface area (TPSA) is 87.7 Å². The van der Waals surface area contributed by atoms with Crippen LogP contribution in [0.2, 0.25) is 0 Å². The van der Waals surface area contributed by atoms with Crippen molar-refractivity contribution in [3.8, 4) is 5.75 Å². The summed E-state index contributed by atoms with van der Waals surface area (Å²) < 4.78 is 32.1. The molecular weight excluding hydrogens is 366 g/mol. The molecule has 2 fully saturated rings. The van der Waals surface area contributed by atoms with E-state index in [2.05, 4.69) is 10.6 Å². The Bertz CT molecular complexity index is 709. The van der Waals surface area contributed by atoms with Gasteiger partial charge in [0.2, 0.25) is 10.0 Å². The van der Waals surface area contributed by atoms with Gasteiger partial charge in [0, 0.05) is 19.1 Å². The fraction of sp³-hybridized carbons (Fsp3) is 0.632. The molecule has 0 atom stereocenters. The molecule has 0 unspecified atom stereocenters. The van der Waals surface area contributed by atoms with Crippen LogP contribution in [0.3, 0.4) is 0 Å². The zero-order valence-corrected chi connectivity index (χ0v) is 16.5. The Morgan fingerprint density at radius 3 is 2.37 bits per heavy atom. The van der Waals surface area contributed by atoms with Crippen molar-refractivity contribution in [1.82, 2.24) is 14.9 Å². The number of amides is 2. The Kier molecular flexibility index (Phi) is 6.95. The van der Waals surface area contributed by atoms with Gasteiger partial charge in [0.1, 0.15) is 12.4 Å². The fourth-order valence-electron chi connectivity index (χ4n) is 3.60. The summed E-state index contributed by atoms with van der Waals surface area (Å²) in [6.45, 7) is 1.91. The molecule has 7 nitrogen and oxygen atoms in total. The molecule has 0 bridgehead atoms. The van der Waals surface area contributed by atoms with Crippen molar-refractivity contribution < 1.29 is 17.9 Å². The molecule has 1 aromatic rings. The van der Waals surface area contributed by atoms with Gasteiger partial charge >= 0.3 is 6.03 Å². The molecule has 150 valence electrons. The predicted octanol–water partition coefficient (Wildman–Crippen LogP) is 2.48. The van der Waals surface area contributed by atoms with Crippen LogP contribution in [0.1, 0.15) is 44.9 Å². The van der Waals surface area contributed by atoms with Crippen LogP contribution in [0.25, 0.3) is 0 Å². The lowest BCUT2D eigenvalue weighted by molar-refractivity contribution is 0.228. The van der Waals surface area contributed by atoms with Gasteiger partial charge in [-0.15, -0.1) is 0 Å². The van der Waals surface area contributed by atoms with E-state index in [0.29, 0.717) is 36.9 Å². The summed E-state index contributed by atoms with van der Waals surface area (Å²) >= 11 is 0. The van der Waals surface area contributed by atoms with E-state index in [1.807, 2.05) is 0 Å². The maximum absolute atomic E-state index is 12.5. The fourth-order valence-corrected chi connectivity index (χ4v) is 5.12. The third-order valence-electron chi connectivity index (χ3n) is 5.12. The first-order valence-electron chi connectivity index (χ1n) is 9.83. The number of nitrogens with one attached hydrogen (secondary N) is 2. The van der Waals surface area contributed by atoms with E-state index in [9.17, 15) is 13.2 Å². The number of benzene rings is 1. The highest BCUT2D eigenvalue weighted by Gasteiger charge is 2.26. The number of ether oxygens (including phenoxy) is 1. The van der Waals surface area contributed by atoms with Crippen molar-refractivity contribution >= 4 is 16.1 Å². The Morgan fingerprint density at radius 1 is 1.04 bits per heavy atom. The van der Waals surface area contributed by atoms with Crippen molar-refractivity contribution in [3.63, 3.8) is 0 Å². The molecule has 2 N–H and O–H groups in total. The van der Waals surface area contributed by atoms with Crippen LogP contribution in [0.4, 0.5) is 4.79 Å². The van der Waals surface area contributed by atoms with Gasteiger partial charge in [0.05, 0.1) is 11.4 Å². The molecule has 0 spiro atoms. The van der Waals surface area contributed by atoms with Crippen LogP contribution in [-0.2, 0) is 10.0 Å². The van der Waals surface area contributed by atoms with Crippen molar-refractivity contribution in [2.45, 2.75) is 55.9 Å². The quantitative estimate of drug-likeness (QED) is 0.695. The summed E-state index contributed by atoms with van der Waals surface area (Å²) in [6, 6.07) is 6.59. The van der Waals surface area contributed by atoms with Crippen LogP contribution in [0, 0.1) is 0 Å². The summed E-state index contributed by atoms with van der Waals surface area (Å²) in [7, 11) is -3.39. The van der Waals surface area contributed by atoms with Crippen LogP contribution in [0.15, 0.2) is 29.2 Å². The van der Waals surface area contributed by atoms with Gasteiger partial charge < -0.3 is 15.4 Å². The Morgan fingerprint density at radius 2 is 1.70 bits per heavy atom. The zero-order chi connectivity index (χ0) is 19.1. The second kappa shape index (κ2) is 9.41. The van der Waals surface area contributed by atoms with Gasteiger partial charge in [0.25, 0.3) is 0 Å². The van der Waals surface area contributed by atoms with E-state index in [-0.39, 0.29) is 12.1 Å². The molecule has 0 radical (unpaired) electrons. The summed E-state index contributed by atoms with van der Waals surface area (Å²) in [5.74, 6) is 0.588. The van der Waals surface area contributed by atoms with Gasteiger partial charge in [-0.3, -0.25) is 0 Å². The molecule has 27 heavy (non-hydrogen) atoms. The van der Waals surface area contributed by atoms with Gasteiger partial charge in [0.15, 0.2) is 0 Å². The highest BCUT2D eigenvalue weighted by atomic mass is 32.2. The molecule has 1 aromatic carbocycles. The minimum absolute atomic E-state index is 0.155. The van der Waals surface area contributed by atoms with Gasteiger partial charge in [-0.25, -0.2) is 13.2 Å². The van der Waals surface area contributed by atoms with Crippen molar-refractivity contribution in [2.24, 2.45) is 0 Å². The average Bonchev–Trinajstić information content (AvgIpc) is 3.22. The van der Waals surface area contributed by atoms with E-state index in [1.54, 1.807) is 24.3 Å². The summed E-state index contributed by atoms with van der Waals surface area (Å²) in [6.07, 6.45) is 7.55. The third-order valence-corrected chi connectivity index (χ3v) is 7.04. The van der Waals surface area contributed by atoms with Gasteiger partial charge in [-0.05, 0) is 49.9 Å². The molecular formula is C19H29N3O4S. The molecule has 0 aromatic heterocycles. The largest absolute Gasteiger partial charge is 0.492 e. The Balaban J connectivity index is 1.39. The minimum Gasteiger partial charge on any atom is -0.492 e. The third kappa shape index (κ3) is 5.59. The highest BCUT2D eigenvalue weighted by molar-refractivity contribution is 7.89. The first-order chi connectivity index (χ1) is 13.1. The number of urea groups is 1. The van der Waals surface area contributed by atoms with E-state index in [0.717, 1.165) is 25.7 Å². The summed E-state index contributed by atoms with van der Waals surface area (Å²) in [4.78, 5) is 12.1. The maximum Gasteiger partial charge on any atom is 0.315 e. The van der Waals surface area contributed by atoms with Crippen LogP contribution < -0.4 is 15.4 Å². The lowest BCUT2D eigenvalue weighted by Gasteiger charge is -2.22. The van der Waals surface area contributed by atoms with Crippen molar-refractivity contribution in [2.75, 3.05) is 26.2 Å². The van der Waals surface area contributed by atoms with Crippen molar-refractivity contribution in [1.29, 1.82) is 0 Å². The smallest absolute Gasteiger partial charge is 0.315 e. The normalized spacial score (nSPS) is 19.0. The number of carbonyl (C=O) groups is 1. The van der Waals surface area contributed by atoms with Crippen LogP contribution in [0.5, 0.6) is 5.75 Å².